The monoisotopic (exact) mass is 384 g/mol. The van der Waals surface area contributed by atoms with Gasteiger partial charge in [0, 0.05) is 43.0 Å². The number of rotatable bonds is 6. The summed E-state index contributed by atoms with van der Waals surface area (Å²) in [6.07, 6.45) is 7.87. The highest BCUT2D eigenvalue weighted by molar-refractivity contribution is 7.98. The predicted molar refractivity (Wildman–Crippen MR) is 112 cm³/mol. The van der Waals surface area contributed by atoms with Gasteiger partial charge in [-0.1, -0.05) is 19.1 Å². The Kier molecular flexibility index (Phi) is 7.12. The summed E-state index contributed by atoms with van der Waals surface area (Å²) in [6, 6.07) is 12.5. The number of nitrogens with zero attached hydrogens (tertiary/aromatic N) is 3. The molecule has 3 rings (SSSR count). The Bertz CT molecular complexity index is 740. The van der Waals surface area contributed by atoms with Gasteiger partial charge in [-0.05, 0) is 55.5 Å². The van der Waals surface area contributed by atoms with Gasteiger partial charge in [-0.3, -0.25) is 9.88 Å². The maximum Gasteiger partial charge on any atom is 0.321 e. The van der Waals surface area contributed by atoms with Crippen molar-refractivity contribution in [2.75, 3.05) is 31.2 Å². The number of hydrogen-bond acceptors (Lipinski definition) is 4. The Hall–Kier alpha value is -2.05. The van der Waals surface area contributed by atoms with Gasteiger partial charge in [0.25, 0.3) is 0 Å². The minimum absolute atomic E-state index is 0.00108. The number of carbonyl (C=O) groups excluding carboxylic acids is 1. The molecule has 1 aromatic heterocycles. The number of pyridine rings is 1. The number of urea groups is 1. The van der Waals surface area contributed by atoms with Crippen LogP contribution in [0.2, 0.25) is 0 Å². The van der Waals surface area contributed by atoms with E-state index in [2.05, 4.69) is 34.3 Å². The van der Waals surface area contributed by atoms with Crippen LogP contribution in [0.25, 0.3) is 0 Å². The van der Waals surface area contributed by atoms with Crippen LogP contribution in [0.3, 0.4) is 0 Å². The molecule has 1 aliphatic rings. The molecule has 0 radical (unpaired) electrons. The van der Waals surface area contributed by atoms with E-state index in [1.165, 1.54) is 5.56 Å². The summed E-state index contributed by atoms with van der Waals surface area (Å²) < 4.78 is 0. The molecule has 0 spiro atoms. The van der Waals surface area contributed by atoms with E-state index < -0.39 is 0 Å². The fourth-order valence-electron chi connectivity index (χ4n) is 3.60. The lowest BCUT2D eigenvalue weighted by molar-refractivity contribution is 0.112. The highest BCUT2D eigenvalue weighted by Gasteiger charge is 2.27. The summed E-state index contributed by atoms with van der Waals surface area (Å²) in [5.74, 6) is 0. The van der Waals surface area contributed by atoms with Gasteiger partial charge in [0.2, 0.25) is 0 Å². The Morgan fingerprint density at radius 1 is 1.30 bits per heavy atom. The van der Waals surface area contributed by atoms with Gasteiger partial charge < -0.3 is 10.2 Å². The van der Waals surface area contributed by atoms with E-state index in [0.717, 1.165) is 49.6 Å². The zero-order valence-corrected chi connectivity index (χ0v) is 16.9. The lowest BCUT2D eigenvalue weighted by Gasteiger charge is -2.39. The van der Waals surface area contributed by atoms with Crippen LogP contribution in [0.5, 0.6) is 0 Å². The van der Waals surface area contributed by atoms with Gasteiger partial charge in [0.1, 0.15) is 0 Å². The number of piperidine rings is 1. The summed E-state index contributed by atoms with van der Waals surface area (Å²) in [7, 11) is 0. The van der Waals surface area contributed by atoms with Gasteiger partial charge in [-0.25, -0.2) is 4.79 Å². The zero-order chi connectivity index (χ0) is 19.1. The minimum Gasteiger partial charge on any atom is -0.323 e. The molecule has 2 aromatic rings. The van der Waals surface area contributed by atoms with Crippen LogP contribution < -0.4 is 5.32 Å². The summed E-state index contributed by atoms with van der Waals surface area (Å²) >= 11 is 1.65. The van der Waals surface area contributed by atoms with Gasteiger partial charge in [-0.2, -0.15) is 0 Å². The third-order valence-electron chi connectivity index (χ3n) is 5.09. The second-order valence-electron chi connectivity index (χ2n) is 6.79. The maximum absolute atomic E-state index is 12.8. The molecule has 6 heteroatoms. The molecule has 1 aliphatic heterocycles. The van der Waals surface area contributed by atoms with Crippen LogP contribution in [0, 0.1) is 0 Å². The van der Waals surface area contributed by atoms with Crippen molar-refractivity contribution in [2.24, 2.45) is 0 Å². The summed E-state index contributed by atoms with van der Waals surface area (Å²) in [4.78, 5) is 22.4. The summed E-state index contributed by atoms with van der Waals surface area (Å²) in [6.45, 7) is 5.64. The number of thioether (sulfide) groups is 1. The molecule has 1 saturated heterocycles. The molecule has 1 atom stereocenters. The largest absolute Gasteiger partial charge is 0.323 e. The number of likely N-dealkylation sites (tertiary alicyclic amines) is 1. The van der Waals surface area contributed by atoms with Gasteiger partial charge in [-0.15, -0.1) is 11.8 Å². The average molecular weight is 385 g/mol. The van der Waals surface area contributed by atoms with Crippen LogP contribution >= 0.6 is 11.8 Å². The predicted octanol–water partition coefficient (Wildman–Crippen LogP) is 4.32. The third-order valence-corrected chi connectivity index (χ3v) is 5.89. The van der Waals surface area contributed by atoms with Crippen LogP contribution in [0.15, 0.2) is 53.7 Å². The Morgan fingerprint density at radius 3 is 2.81 bits per heavy atom. The molecule has 0 bridgehead atoms. The molecule has 1 aromatic carbocycles. The van der Waals surface area contributed by atoms with Gasteiger partial charge in [0.05, 0.1) is 5.69 Å². The van der Waals surface area contributed by atoms with Crippen molar-refractivity contribution in [3.8, 4) is 0 Å². The molecule has 2 amide bonds. The fraction of sp³-hybridized carbons (Fsp3) is 0.429. The highest BCUT2D eigenvalue weighted by atomic mass is 32.2. The summed E-state index contributed by atoms with van der Waals surface area (Å²) in [5, 5.41) is 3.10. The van der Waals surface area contributed by atoms with Crippen molar-refractivity contribution in [1.29, 1.82) is 0 Å². The van der Waals surface area contributed by atoms with E-state index in [0.29, 0.717) is 6.04 Å². The van der Waals surface area contributed by atoms with Gasteiger partial charge >= 0.3 is 6.03 Å². The highest BCUT2D eigenvalue weighted by Crippen LogP contribution is 2.25. The first-order valence-electron chi connectivity index (χ1n) is 9.53. The molecule has 5 nitrogen and oxygen atoms in total. The Balaban J connectivity index is 1.63. The molecule has 27 heavy (non-hydrogen) atoms. The number of amides is 2. The molecule has 144 valence electrons. The molecule has 0 saturated carbocycles. The molecule has 2 heterocycles. The number of aromatic nitrogens is 1. The Labute approximate surface area is 166 Å². The molecule has 0 aliphatic carbocycles. The summed E-state index contributed by atoms with van der Waals surface area (Å²) in [5.41, 5.74) is 2.16. The minimum atomic E-state index is 0.00108. The standard InChI is InChI=1S/C21H28N4OS/c1-3-24(15-17-10-12-22-13-11-17)18-7-6-14-25(16-18)21(26)23-19-8-4-5-9-20(19)27-2/h4-5,8-13,18H,3,6-7,14-16H2,1-2H3,(H,23,26). The van der Waals surface area contributed by atoms with Crippen molar-refractivity contribution in [2.45, 2.75) is 37.2 Å². The number of carbonyl (C=O) groups is 1. The first-order valence-corrected chi connectivity index (χ1v) is 10.8. The maximum atomic E-state index is 12.8. The van der Waals surface area contributed by atoms with E-state index >= 15 is 0 Å². The normalized spacial score (nSPS) is 17.1. The SMILES string of the molecule is CCN(Cc1ccncc1)C1CCCN(C(=O)Nc2ccccc2SC)C1. The van der Waals surface area contributed by atoms with Crippen molar-refractivity contribution >= 4 is 23.5 Å². The van der Waals surface area contributed by atoms with Crippen molar-refractivity contribution in [3.05, 3.63) is 54.4 Å². The number of anilines is 1. The molecular formula is C21H28N4OS. The number of para-hydroxylation sites is 1. The second kappa shape index (κ2) is 9.76. The van der Waals surface area contributed by atoms with Gasteiger partial charge in [0.15, 0.2) is 0 Å². The first kappa shape index (κ1) is 19.7. The first-order chi connectivity index (χ1) is 13.2. The van der Waals surface area contributed by atoms with E-state index in [9.17, 15) is 4.79 Å². The molecule has 1 N–H and O–H groups in total. The smallest absolute Gasteiger partial charge is 0.321 e. The third kappa shape index (κ3) is 5.23. The Morgan fingerprint density at radius 2 is 2.07 bits per heavy atom. The van der Waals surface area contributed by atoms with Crippen LogP contribution in [0.1, 0.15) is 25.3 Å². The van der Waals surface area contributed by atoms with E-state index in [4.69, 9.17) is 0 Å². The van der Waals surface area contributed by atoms with Crippen molar-refractivity contribution < 1.29 is 4.79 Å². The van der Waals surface area contributed by atoms with Crippen molar-refractivity contribution in [1.82, 2.24) is 14.8 Å². The van der Waals surface area contributed by atoms with E-state index in [1.807, 2.05) is 47.8 Å². The van der Waals surface area contributed by atoms with Crippen LogP contribution in [-0.4, -0.2) is 52.7 Å². The number of likely N-dealkylation sites (N-methyl/N-ethyl adjacent to an activating group) is 1. The second-order valence-corrected chi connectivity index (χ2v) is 7.64. The molecule has 1 unspecified atom stereocenters. The fourth-order valence-corrected chi connectivity index (χ4v) is 4.15. The lowest BCUT2D eigenvalue weighted by Crippen LogP contribution is -2.50. The topological polar surface area (TPSA) is 48.5 Å². The quantitative estimate of drug-likeness (QED) is 0.754. The van der Waals surface area contributed by atoms with Crippen molar-refractivity contribution in [3.63, 3.8) is 0 Å². The average Bonchev–Trinajstić information content (AvgIpc) is 2.73. The molecular weight excluding hydrogens is 356 g/mol. The number of hydrogen-bond donors (Lipinski definition) is 1. The van der Waals surface area contributed by atoms with E-state index in [-0.39, 0.29) is 6.03 Å². The van der Waals surface area contributed by atoms with Crippen LogP contribution in [0.4, 0.5) is 10.5 Å². The number of nitrogens with one attached hydrogen (secondary N) is 1. The van der Waals surface area contributed by atoms with E-state index in [1.54, 1.807) is 11.8 Å². The van der Waals surface area contributed by atoms with Crippen LogP contribution in [-0.2, 0) is 6.54 Å². The number of benzene rings is 1. The zero-order valence-electron chi connectivity index (χ0n) is 16.1. The molecule has 1 fully saturated rings. The lowest BCUT2D eigenvalue weighted by atomic mass is 10.0.